The van der Waals surface area contributed by atoms with E-state index in [0.717, 1.165) is 25.6 Å². The van der Waals surface area contributed by atoms with Gasteiger partial charge in [0.15, 0.2) is 5.16 Å². The Hall–Kier alpha value is -1.81. The minimum absolute atomic E-state index is 0.00898. The summed E-state index contributed by atoms with van der Waals surface area (Å²) in [5.41, 5.74) is 0. The molecular weight excluding hydrogens is 356 g/mol. The van der Waals surface area contributed by atoms with Gasteiger partial charge in [0.25, 0.3) is 0 Å². The zero-order chi connectivity index (χ0) is 18.9. The fourth-order valence-electron chi connectivity index (χ4n) is 2.53. The van der Waals surface area contributed by atoms with Gasteiger partial charge in [-0.05, 0) is 12.8 Å². The van der Waals surface area contributed by atoms with E-state index in [1.165, 1.54) is 11.8 Å². The molecule has 2 heterocycles. The minimum atomic E-state index is -0.201. The summed E-state index contributed by atoms with van der Waals surface area (Å²) >= 11 is 1.33. The van der Waals surface area contributed by atoms with E-state index in [9.17, 15) is 9.59 Å². The molecule has 26 heavy (non-hydrogen) atoms. The lowest BCUT2D eigenvalue weighted by Gasteiger charge is -2.28. The molecule has 1 aliphatic heterocycles. The van der Waals surface area contributed by atoms with Crippen LogP contribution in [0.1, 0.15) is 20.8 Å². The van der Waals surface area contributed by atoms with Crippen molar-refractivity contribution in [1.82, 2.24) is 25.4 Å². The molecule has 2 rings (SSSR count). The van der Waals surface area contributed by atoms with Gasteiger partial charge >= 0.3 is 0 Å². The standard InChI is InChI=1S/C16H28N6O3S/c1-4-17-13(23)9-18-14(24)11-26-16-20-19-15(22(16)10-12(2)3)21-5-7-25-8-6-21/h12H,4-11H2,1-3H3,(H,17,23)(H,18,24). The number of nitrogens with zero attached hydrogens (tertiary/aromatic N) is 4. The van der Waals surface area contributed by atoms with Crippen LogP contribution in [-0.4, -0.2) is 71.7 Å². The summed E-state index contributed by atoms with van der Waals surface area (Å²) in [6.07, 6.45) is 0. The van der Waals surface area contributed by atoms with Gasteiger partial charge in [0.05, 0.1) is 25.5 Å². The predicted molar refractivity (Wildman–Crippen MR) is 100 cm³/mol. The lowest BCUT2D eigenvalue weighted by molar-refractivity contribution is -0.124. The van der Waals surface area contributed by atoms with Gasteiger partial charge in [-0.3, -0.25) is 14.2 Å². The molecule has 9 nitrogen and oxygen atoms in total. The Kier molecular flexibility index (Phi) is 8.17. The van der Waals surface area contributed by atoms with Gasteiger partial charge in [-0.1, -0.05) is 25.6 Å². The molecule has 0 unspecified atom stereocenters. The number of aromatic nitrogens is 3. The van der Waals surface area contributed by atoms with E-state index in [0.29, 0.717) is 30.8 Å². The van der Waals surface area contributed by atoms with Crippen LogP contribution in [0.4, 0.5) is 5.95 Å². The zero-order valence-corrected chi connectivity index (χ0v) is 16.5. The van der Waals surface area contributed by atoms with Crippen LogP contribution in [0.15, 0.2) is 5.16 Å². The molecular formula is C16H28N6O3S. The molecule has 2 N–H and O–H groups in total. The van der Waals surface area contributed by atoms with Crippen LogP contribution in [0.25, 0.3) is 0 Å². The Balaban J connectivity index is 1.96. The van der Waals surface area contributed by atoms with Gasteiger partial charge in [0.1, 0.15) is 0 Å². The molecule has 0 saturated carbocycles. The number of hydrogen-bond acceptors (Lipinski definition) is 7. The highest BCUT2D eigenvalue weighted by Crippen LogP contribution is 2.24. The Bertz CT molecular complexity index is 601. The average molecular weight is 385 g/mol. The zero-order valence-electron chi connectivity index (χ0n) is 15.7. The first-order valence-electron chi connectivity index (χ1n) is 8.93. The van der Waals surface area contributed by atoms with E-state index in [1.54, 1.807) is 0 Å². The number of ether oxygens (including phenoxy) is 1. The number of carbonyl (C=O) groups excluding carboxylic acids is 2. The predicted octanol–water partition coefficient (Wildman–Crippen LogP) is 0.115. The molecule has 0 aliphatic carbocycles. The highest BCUT2D eigenvalue weighted by Gasteiger charge is 2.21. The van der Waals surface area contributed by atoms with Gasteiger partial charge in [-0.15, -0.1) is 10.2 Å². The molecule has 0 atom stereocenters. The summed E-state index contributed by atoms with van der Waals surface area (Å²) < 4.78 is 7.47. The molecule has 0 bridgehead atoms. The largest absolute Gasteiger partial charge is 0.378 e. The minimum Gasteiger partial charge on any atom is -0.378 e. The maximum absolute atomic E-state index is 12.0. The Morgan fingerprint density at radius 3 is 2.58 bits per heavy atom. The first kappa shape index (κ1) is 20.5. The average Bonchev–Trinajstić information content (AvgIpc) is 3.01. The lowest BCUT2D eigenvalue weighted by Crippen LogP contribution is -2.38. The van der Waals surface area contributed by atoms with Crippen molar-refractivity contribution in [1.29, 1.82) is 0 Å². The van der Waals surface area contributed by atoms with E-state index in [4.69, 9.17) is 4.74 Å². The van der Waals surface area contributed by atoms with Gasteiger partial charge < -0.3 is 20.3 Å². The van der Waals surface area contributed by atoms with Crippen molar-refractivity contribution in [2.45, 2.75) is 32.5 Å². The van der Waals surface area contributed by atoms with Gasteiger partial charge in [-0.25, -0.2) is 0 Å². The molecule has 0 spiro atoms. The molecule has 10 heteroatoms. The molecule has 1 saturated heterocycles. The van der Waals surface area contributed by atoms with E-state index in [2.05, 4.69) is 44.1 Å². The first-order valence-corrected chi connectivity index (χ1v) is 9.91. The number of rotatable bonds is 9. The summed E-state index contributed by atoms with van der Waals surface area (Å²) in [6, 6.07) is 0. The Morgan fingerprint density at radius 2 is 1.92 bits per heavy atom. The summed E-state index contributed by atoms with van der Waals surface area (Å²) in [5.74, 6) is 1.05. The van der Waals surface area contributed by atoms with Crippen LogP contribution < -0.4 is 15.5 Å². The second-order valence-electron chi connectivity index (χ2n) is 6.41. The summed E-state index contributed by atoms with van der Waals surface area (Å²) in [6.45, 7) is 10.4. The summed E-state index contributed by atoms with van der Waals surface area (Å²) in [7, 11) is 0. The number of likely N-dealkylation sites (N-methyl/N-ethyl adjacent to an activating group) is 1. The van der Waals surface area contributed by atoms with Crippen molar-refractivity contribution in [2.24, 2.45) is 5.92 Å². The third kappa shape index (κ3) is 6.17. The summed E-state index contributed by atoms with van der Waals surface area (Å²) in [5, 5.41) is 14.6. The van der Waals surface area contributed by atoms with Crippen LogP contribution in [-0.2, 0) is 20.9 Å². The second kappa shape index (κ2) is 10.4. The first-order chi connectivity index (χ1) is 12.5. The molecule has 0 radical (unpaired) electrons. The fraction of sp³-hybridized carbons (Fsp3) is 0.750. The topological polar surface area (TPSA) is 101 Å². The van der Waals surface area contributed by atoms with E-state index < -0.39 is 0 Å². The SMILES string of the molecule is CCNC(=O)CNC(=O)CSc1nnc(N2CCOCC2)n1CC(C)C. The number of hydrogen-bond donors (Lipinski definition) is 2. The number of morpholine rings is 1. The Morgan fingerprint density at radius 1 is 1.19 bits per heavy atom. The van der Waals surface area contributed by atoms with E-state index in [-0.39, 0.29) is 24.1 Å². The van der Waals surface area contributed by atoms with Gasteiger partial charge in [0, 0.05) is 26.2 Å². The normalized spacial score (nSPS) is 14.5. The third-order valence-corrected chi connectivity index (χ3v) is 4.66. The van der Waals surface area contributed by atoms with Gasteiger partial charge in [-0.2, -0.15) is 0 Å². The fourth-order valence-corrected chi connectivity index (χ4v) is 3.30. The molecule has 1 fully saturated rings. The van der Waals surface area contributed by atoms with E-state index in [1.807, 2.05) is 6.92 Å². The van der Waals surface area contributed by atoms with E-state index >= 15 is 0 Å². The third-order valence-electron chi connectivity index (χ3n) is 3.69. The van der Waals surface area contributed by atoms with Crippen molar-refractivity contribution in [2.75, 3.05) is 50.0 Å². The number of nitrogens with one attached hydrogen (secondary N) is 2. The van der Waals surface area contributed by atoms with Crippen molar-refractivity contribution in [3.8, 4) is 0 Å². The van der Waals surface area contributed by atoms with Crippen molar-refractivity contribution in [3.63, 3.8) is 0 Å². The number of thioether (sulfide) groups is 1. The van der Waals surface area contributed by atoms with Crippen LogP contribution in [0.5, 0.6) is 0 Å². The molecule has 146 valence electrons. The van der Waals surface area contributed by atoms with Gasteiger partial charge in [0.2, 0.25) is 17.8 Å². The van der Waals surface area contributed by atoms with Crippen LogP contribution in [0.2, 0.25) is 0 Å². The molecule has 0 aromatic carbocycles. The number of amides is 2. The maximum atomic E-state index is 12.0. The quantitative estimate of drug-likeness (QED) is 0.583. The number of anilines is 1. The van der Waals surface area contributed by atoms with Crippen molar-refractivity contribution < 1.29 is 14.3 Å². The number of carbonyl (C=O) groups is 2. The van der Waals surface area contributed by atoms with Crippen molar-refractivity contribution >= 4 is 29.5 Å². The molecule has 1 aromatic rings. The highest BCUT2D eigenvalue weighted by atomic mass is 32.2. The maximum Gasteiger partial charge on any atom is 0.239 e. The van der Waals surface area contributed by atoms with Crippen LogP contribution in [0, 0.1) is 5.92 Å². The molecule has 1 aliphatic rings. The lowest BCUT2D eigenvalue weighted by atomic mass is 10.2. The second-order valence-corrected chi connectivity index (χ2v) is 7.35. The van der Waals surface area contributed by atoms with Crippen molar-refractivity contribution in [3.05, 3.63) is 0 Å². The monoisotopic (exact) mass is 384 g/mol. The Labute approximate surface area is 158 Å². The summed E-state index contributed by atoms with van der Waals surface area (Å²) in [4.78, 5) is 25.5. The molecule has 1 aromatic heterocycles. The smallest absolute Gasteiger partial charge is 0.239 e. The highest BCUT2D eigenvalue weighted by molar-refractivity contribution is 7.99. The van der Waals surface area contributed by atoms with Crippen LogP contribution in [0.3, 0.4) is 0 Å². The van der Waals surface area contributed by atoms with Crippen LogP contribution >= 0.6 is 11.8 Å². The molecule has 2 amide bonds.